The number of urea groups is 1. The second-order valence-electron chi connectivity index (χ2n) is 3.35. The number of ether oxygens (including phenoxy) is 1. The van der Waals surface area contributed by atoms with Crippen molar-refractivity contribution < 1.29 is 14.7 Å². The summed E-state index contributed by atoms with van der Waals surface area (Å²) in [6, 6.07) is 5.83. The Morgan fingerprint density at radius 2 is 2.19 bits per heavy atom. The van der Waals surface area contributed by atoms with Gasteiger partial charge in [-0.2, -0.15) is 5.06 Å². The van der Waals surface area contributed by atoms with Gasteiger partial charge in [0.2, 0.25) is 0 Å². The van der Waals surface area contributed by atoms with Crippen LogP contribution in [-0.4, -0.2) is 23.4 Å². The van der Waals surface area contributed by atoms with Crippen molar-refractivity contribution in [3.8, 4) is 5.75 Å². The molecule has 0 aliphatic rings. The van der Waals surface area contributed by atoms with Crippen LogP contribution in [0.25, 0.3) is 0 Å². The lowest BCUT2D eigenvalue weighted by Crippen LogP contribution is -2.36. The highest BCUT2D eigenvalue weighted by atomic mass is 16.5. The van der Waals surface area contributed by atoms with Crippen LogP contribution in [-0.2, 0) is 0 Å². The van der Waals surface area contributed by atoms with Gasteiger partial charge in [-0.15, -0.1) is 0 Å². The van der Waals surface area contributed by atoms with E-state index in [-0.39, 0.29) is 0 Å². The van der Waals surface area contributed by atoms with E-state index in [0.717, 1.165) is 5.56 Å². The molecule has 1 unspecified atom stereocenters. The first-order chi connectivity index (χ1) is 7.61. The van der Waals surface area contributed by atoms with Crippen LogP contribution in [0.4, 0.5) is 4.79 Å². The number of benzene rings is 1. The predicted octanol–water partition coefficient (Wildman–Crippen LogP) is 1.92. The molecule has 0 fully saturated rings. The van der Waals surface area contributed by atoms with Crippen LogP contribution in [0, 0.1) is 0 Å². The second kappa shape index (κ2) is 5.37. The number of rotatable bonds is 4. The molecule has 0 aliphatic heterocycles. The van der Waals surface area contributed by atoms with Gasteiger partial charge in [-0.3, -0.25) is 5.21 Å². The third-order valence-electron chi connectivity index (χ3n) is 2.41. The molecule has 0 bridgehead atoms. The van der Waals surface area contributed by atoms with Crippen LogP contribution >= 0.6 is 0 Å². The van der Waals surface area contributed by atoms with Crippen molar-refractivity contribution in [1.82, 2.24) is 5.06 Å². The number of carbonyl (C=O) groups is 1. The highest BCUT2D eigenvalue weighted by Gasteiger charge is 2.22. The monoisotopic (exact) mass is 224 g/mol. The molecule has 0 heterocycles. The Morgan fingerprint density at radius 3 is 2.69 bits per heavy atom. The van der Waals surface area contributed by atoms with Gasteiger partial charge in [-0.05, 0) is 12.5 Å². The molecule has 1 aromatic carbocycles. The molecule has 16 heavy (non-hydrogen) atoms. The summed E-state index contributed by atoms with van der Waals surface area (Å²) in [5.41, 5.74) is 5.77. The first-order valence-corrected chi connectivity index (χ1v) is 5.02. The van der Waals surface area contributed by atoms with Gasteiger partial charge in [-0.25, -0.2) is 4.79 Å². The lowest BCUT2D eigenvalue weighted by molar-refractivity contribution is -0.0779. The third kappa shape index (κ3) is 2.43. The Balaban J connectivity index is 3.07. The largest absolute Gasteiger partial charge is 0.496 e. The van der Waals surface area contributed by atoms with Crippen LogP contribution in [0.5, 0.6) is 5.75 Å². The molecule has 0 saturated carbocycles. The fourth-order valence-electron chi connectivity index (χ4n) is 1.62. The highest BCUT2D eigenvalue weighted by Crippen LogP contribution is 2.30. The van der Waals surface area contributed by atoms with Crippen LogP contribution in [0.3, 0.4) is 0 Å². The standard InChI is InChI=1S/C11H16N2O3/c1-3-9(13(15)11(12)14)8-6-4-5-7-10(8)16-2/h4-7,9,15H,3H2,1-2H3,(H2,12,14). The zero-order valence-electron chi connectivity index (χ0n) is 9.38. The quantitative estimate of drug-likeness (QED) is 0.606. The van der Waals surface area contributed by atoms with Crippen LogP contribution in [0.15, 0.2) is 24.3 Å². The van der Waals surface area contributed by atoms with Crippen LogP contribution in [0.2, 0.25) is 0 Å². The van der Waals surface area contributed by atoms with Crippen molar-refractivity contribution in [2.24, 2.45) is 5.73 Å². The number of carbonyl (C=O) groups excluding carboxylic acids is 1. The maximum Gasteiger partial charge on any atom is 0.339 e. The Bertz CT molecular complexity index is 368. The number of methoxy groups -OCH3 is 1. The Kier molecular flexibility index (Phi) is 4.13. The summed E-state index contributed by atoms with van der Waals surface area (Å²) < 4.78 is 5.17. The lowest BCUT2D eigenvalue weighted by atomic mass is 10.0. The van der Waals surface area contributed by atoms with E-state index in [9.17, 15) is 10.0 Å². The van der Waals surface area contributed by atoms with E-state index in [0.29, 0.717) is 17.2 Å². The third-order valence-corrected chi connectivity index (χ3v) is 2.41. The topological polar surface area (TPSA) is 75.8 Å². The molecule has 3 N–H and O–H groups in total. The van der Waals surface area contributed by atoms with E-state index in [1.807, 2.05) is 19.1 Å². The number of hydrogen-bond donors (Lipinski definition) is 2. The molecule has 5 heteroatoms. The van der Waals surface area contributed by atoms with Crippen molar-refractivity contribution >= 4 is 6.03 Å². The van der Waals surface area contributed by atoms with Crippen LogP contribution in [0.1, 0.15) is 24.9 Å². The van der Waals surface area contributed by atoms with Crippen molar-refractivity contribution in [2.75, 3.05) is 7.11 Å². The first kappa shape index (κ1) is 12.3. The molecule has 5 nitrogen and oxygen atoms in total. The first-order valence-electron chi connectivity index (χ1n) is 5.02. The molecule has 0 saturated heterocycles. The van der Waals surface area contributed by atoms with Gasteiger partial charge < -0.3 is 10.5 Å². The van der Waals surface area contributed by atoms with Crippen molar-refractivity contribution in [3.05, 3.63) is 29.8 Å². The summed E-state index contributed by atoms with van der Waals surface area (Å²) in [6.45, 7) is 1.85. The summed E-state index contributed by atoms with van der Waals surface area (Å²) in [5.74, 6) is 0.620. The fraction of sp³-hybridized carbons (Fsp3) is 0.364. The summed E-state index contributed by atoms with van der Waals surface area (Å²) >= 11 is 0. The number of nitrogens with zero attached hydrogens (tertiary/aromatic N) is 1. The fourth-order valence-corrected chi connectivity index (χ4v) is 1.62. The summed E-state index contributed by atoms with van der Waals surface area (Å²) in [6.07, 6.45) is 0.541. The summed E-state index contributed by atoms with van der Waals surface area (Å²) in [4.78, 5) is 10.9. The zero-order valence-corrected chi connectivity index (χ0v) is 9.38. The number of para-hydroxylation sites is 1. The molecule has 0 spiro atoms. The number of hydrogen-bond acceptors (Lipinski definition) is 3. The van der Waals surface area contributed by atoms with E-state index < -0.39 is 12.1 Å². The van der Waals surface area contributed by atoms with Gasteiger partial charge in [0.25, 0.3) is 0 Å². The van der Waals surface area contributed by atoms with Gasteiger partial charge in [0, 0.05) is 5.56 Å². The molecule has 1 rings (SSSR count). The van der Waals surface area contributed by atoms with Gasteiger partial charge in [-0.1, -0.05) is 25.1 Å². The molecule has 0 radical (unpaired) electrons. The highest BCUT2D eigenvalue weighted by molar-refractivity contribution is 5.71. The molecule has 1 atom stereocenters. The van der Waals surface area contributed by atoms with E-state index >= 15 is 0 Å². The lowest BCUT2D eigenvalue weighted by Gasteiger charge is -2.24. The number of amides is 2. The summed E-state index contributed by atoms with van der Waals surface area (Å²) in [7, 11) is 1.54. The van der Waals surface area contributed by atoms with Crippen molar-refractivity contribution in [1.29, 1.82) is 0 Å². The van der Waals surface area contributed by atoms with Crippen molar-refractivity contribution in [2.45, 2.75) is 19.4 Å². The Morgan fingerprint density at radius 1 is 1.56 bits per heavy atom. The second-order valence-corrected chi connectivity index (χ2v) is 3.35. The van der Waals surface area contributed by atoms with Gasteiger partial charge >= 0.3 is 6.03 Å². The molecule has 0 aliphatic carbocycles. The van der Waals surface area contributed by atoms with Gasteiger partial charge in [0.05, 0.1) is 13.2 Å². The molecule has 1 aromatic rings. The number of nitrogens with two attached hydrogens (primary N) is 1. The van der Waals surface area contributed by atoms with Crippen molar-refractivity contribution in [3.63, 3.8) is 0 Å². The average Bonchev–Trinajstić information content (AvgIpc) is 2.30. The minimum absolute atomic E-state index is 0.492. The number of hydroxylamine groups is 2. The minimum Gasteiger partial charge on any atom is -0.496 e. The molecular weight excluding hydrogens is 208 g/mol. The summed E-state index contributed by atoms with van der Waals surface area (Å²) in [5, 5.41) is 10.1. The number of primary amides is 1. The predicted molar refractivity (Wildman–Crippen MR) is 59.2 cm³/mol. The van der Waals surface area contributed by atoms with Crippen LogP contribution < -0.4 is 10.5 Å². The molecule has 88 valence electrons. The van der Waals surface area contributed by atoms with Gasteiger partial charge in [0.1, 0.15) is 5.75 Å². The maximum atomic E-state index is 10.9. The molecule has 0 aromatic heterocycles. The van der Waals surface area contributed by atoms with E-state index in [2.05, 4.69) is 0 Å². The average molecular weight is 224 g/mol. The Labute approximate surface area is 94.4 Å². The SMILES string of the molecule is CCC(c1ccccc1OC)N(O)C(N)=O. The van der Waals surface area contributed by atoms with E-state index in [1.54, 1.807) is 12.1 Å². The van der Waals surface area contributed by atoms with E-state index in [1.165, 1.54) is 7.11 Å². The smallest absolute Gasteiger partial charge is 0.339 e. The maximum absolute atomic E-state index is 10.9. The zero-order chi connectivity index (χ0) is 12.1. The Hall–Kier alpha value is -1.75. The molecule has 2 amide bonds. The normalized spacial score (nSPS) is 11.9. The van der Waals surface area contributed by atoms with Gasteiger partial charge in [0.15, 0.2) is 0 Å². The molecular formula is C11H16N2O3. The minimum atomic E-state index is -0.877. The van der Waals surface area contributed by atoms with E-state index in [4.69, 9.17) is 10.5 Å².